The van der Waals surface area contributed by atoms with Crippen LogP contribution in [0, 0.1) is 0 Å². The minimum Gasteiger partial charge on any atom is -0.394 e. The molecular formula is C32H43ClN4O7. The van der Waals surface area contributed by atoms with Crippen LogP contribution in [0.15, 0.2) is 42.5 Å². The van der Waals surface area contributed by atoms with Crippen LogP contribution >= 0.6 is 11.6 Å². The monoisotopic (exact) mass is 630 g/mol. The topological polar surface area (TPSA) is 157 Å². The van der Waals surface area contributed by atoms with Crippen LogP contribution in [0.2, 0.25) is 5.02 Å². The molecule has 0 radical (unpaired) electrons. The van der Waals surface area contributed by atoms with Crippen LogP contribution in [0.4, 0.5) is 11.4 Å². The van der Waals surface area contributed by atoms with Gasteiger partial charge in [-0.15, -0.1) is 0 Å². The Bertz CT molecular complexity index is 1340. The highest BCUT2D eigenvalue weighted by Gasteiger charge is 2.52. The summed E-state index contributed by atoms with van der Waals surface area (Å²) in [5, 5.41) is 52.5. The van der Waals surface area contributed by atoms with Gasteiger partial charge in [0, 0.05) is 50.7 Å². The number of nitrogens with zero attached hydrogens (tertiary/aromatic N) is 3. The first-order chi connectivity index (χ1) is 21.0. The van der Waals surface area contributed by atoms with Gasteiger partial charge >= 0.3 is 0 Å². The zero-order valence-electron chi connectivity index (χ0n) is 25.0. The number of hydrogen-bond donors (Lipinski definition) is 6. The van der Waals surface area contributed by atoms with Crippen molar-refractivity contribution in [2.45, 2.75) is 81.1 Å². The van der Waals surface area contributed by atoms with Crippen molar-refractivity contribution in [1.82, 2.24) is 10.2 Å². The lowest BCUT2D eigenvalue weighted by Gasteiger charge is -2.39. The Hall–Kier alpha value is -2.77. The van der Waals surface area contributed by atoms with E-state index in [0.29, 0.717) is 30.6 Å². The molecule has 0 aromatic heterocycles. The SMILES string of the molecule is CN(C[C@H](O)[C@@H](O)[C@H](O)[C@H](O)CO)C(=O)CCc1ccc(Cl)c(CNC2(C(=O)N3CCN(C4CC4)c4ccccc43)CC2)c1. The standard InChI is InChI=1S/C32H43ClN4O7/c1-35(18-26(39)29(42)30(43)27(40)19-38)28(41)11-7-20-6-10-23(33)21(16-20)17-34-32(12-13-32)31(44)37-15-14-36(22-8-9-22)24-4-2-3-5-25(24)37/h2-6,10,16,22,26-27,29-30,34,38-40,42-43H,7-9,11-15,17-19H2,1H3/t26-,27+,29+,30+/m0/s1. The first-order valence-corrected chi connectivity index (χ1v) is 15.7. The van der Waals surface area contributed by atoms with E-state index < -0.39 is 36.6 Å². The molecule has 2 amide bonds. The van der Waals surface area contributed by atoms with E-state index in [1.165, 1.54) is 24.8 Å². The van der Waals surface area contributed by atoms with Gasteiger partial charge in [-0.3, -0.25) is 14.9 Å². The molecule has 44 heavy (non-hydrogen) atoms. The van der Waals surface area contributed by atoms with Crippen molar-refractivity contribution >= 4 is 34.8 Å². The molecule has 2 aromatic rings. The van der Waals surface area contributed by atoms with Crippen LogP contribution in [0.1, 0.15) is 43.2 Å². The van der Waals surface area contributed by atoms with E-state index in [1.54, 1.807) is 6.07 Å². The average Bonchev–Trinajstić information content (AvgIpc) is 3.97. The fourth-order valence-corrected chi connectivity index (χ4v) is 6.07. The summed E-state index contributed by atoms with van der Waals surface area (Å²) in [7, 11) is 1.47. The van der Waals surface area contributed by atoms with E-state index >= 15 is 0 Å². The molecule has 0 saturated heterocycles. The van der Waals surface area contributed by atoms with Crippen LogP contribution < -0.4 is 15.1 Å². The van der Waals surface area contributed by atoms with Gasteiger partial charge in [0.15, 0.2) is 0 Å². The summed E-state index contributed by atoms with van der Waals surface area (Å²) < 4.78 is 0. The minimum atomic E-state index is -1.75. The molecule has 0 unspecified atom stereocenters. The maximum atomic E-state index is 13.9. The lowest BCUT2D eigenvalue weighted by atomic mass is 10.0. The predicted molar refractivity (Wildman–Crippen MR) is 166 cm³/mol. The number of nitrogens with one attached hydrogen (secondary N) is 1. The molecule has 5 rings (SSSR count). The Morgan fingerprint density at radius 3 is 2.36 bits per heavy atom. The fourth-order valence-electron chi connectivity index (χ4n) is 5.89. The summed E-state index contributed by atoms with van der Waals surface area (Å²) in [6.45, 7) is 0.861. The predicted octanol–water partition coefficient (Wildman–Crippen LogP) is 0.805. The zero-order chi connectivity index (χ0) is 31.6. The number of amides is 2. The molecule has 2 aliphatic carbocycles. The third-order valence-corrected chi connectivity index (χ3v) is 9.37. The van der Waals surface area contributed by atoms with E-state index in [1.807, 2.05) is 35.2 Å². The highest BCUT2D eigenvalue weighted by Crippen LogP contribution is 2.44. The maximum Gasteiger partial charge on any atom is 0.247 e. The van der Waals surface area contributed by atoms with Gasteiger partial charge in [0.25, 0.3) is 0 Å². The van der Waals surface area contributed by atoms with E-state index in [2.05, 4.69) is 16.3 Å². The van der Waals surface area contributed by atoms with Crippen molar-refractivity contribution in [3.63, 3.8) is 0 Å². The number of carbonyl (C=O) groups excluding carboxylic acids is 2. The Morgan fingerprint density at radius 2 is 1.70 bits per heavy atom. The van der Waals surface area contributed by atoms with Crippen molar-refractivity contribution in [2.24, 2.45) is 0 Å². The third-order valence-electron chi connectivity index (χ3n) is 9.01. The van der Waals surface area contributed by atoms with Crippen LogP contribution in [0.5, 0.6) is 0 Å². The van der Waals surface area contributed by atoms with E-state index in [0.717, 1.165) is 41.9 Å². The molecule has 3 aliphatic rings. The fraction of sp³-hybridized carbons (Fsp3) is 0.562. The molecule has 11 nitrogen and oxygen atoms in total. The maximum absolute atomic E-state index is 13.9. The second kappa shape index (κ2) is 13.7. The van der Waals surface area contributed by atoms with E-state index in [4.69, 9.17) is 16.7 Å². The smallest absolute Gasteiger partial charge is 0.247 e. The number of hydrogen-bond acceptors (Lipinski definition) is 9. The second-order valence-corrected chi connectivity index (χ2v) is 12.7. The Kier molecular flexibility index (Phi) is 10.2. The van der Waals surface area contributed by atoms with Gasteiger partial charge in [0.05, 0.1) is 23.5 Å². The minimum absolute atomic E-state index is 0.0898. The summed E-state index contributed by atoms with van der Waals surface area (Å²) in [4.78, 5) is 32.2. The van der Waals surface area contributed by atoms with Gasteiger partial charge in [0.2, 0.25) is 11.8 Å². The molecule has 240 valence electrons. The first kappa shape index (κ1) is 32.6. The Labute approximate surface area is 262 Å². The quantitative estimate of drug-likeness (QED) is 0.178. The Morgan fingerprint density at radius 1 is 1.02 bits per heavy atom. The third kappa shape index (κ3) is 7.20. The lowest BCUT2D eigenvalue weighted by molar-refractivity contribution is -0.137. The average molecular weight is 631 g/mol. The molecular weight excluding hydrogens is 588 g/mol. The van der Waals surface area contributed by atoms with Gasteiger partial charge in [-0.1, -0.05) is 35.9 Å². The molecule has 2 aromatic carbocycles. The number of aliphatic hydroxyl groups is 5. The summed E-state index contributed by atoms with van der Waals surface area (Å²) in [6, 6.07) is 14.3. The first-order valence-electron chi connectivity index (χ1n) is 15.3. The number of anilines is 2. The summed E-state index contributed by atoms with van der Waals surface area (Å²) in [6.07, 6.45) is -2.16. The van der Waals surface area contributed by atoms with E-state index in [-0.39, 0.29) is 24.8 Å². The molecule has 0 bridgehead atoms. The number of aryl methyl sites for hydroxylation is 1. The number of fused-ring (bicyclic) bond motifs is 1. The largest absolute Gasteiger partial charge is 0.394 e. The van der Waals surface area contributed by atoms with Gasteiger partial charge < -0.3 is 40.2 Å². The number of carbonyl (C=O) groups is 2. The number of rotatable bonds is 14. The van der Waals surface area contributed by atoms with Crippen molar-refractivity contribution in [2.75, 3.05) is 43.1 Å². The molecule has 2 saturated carbocycles. The summed E-state index contributed by atoms with van der Waals surface area (Å²) in [5.41, 5.74) is 3.19. The van der Waals surface area contributed by atoms with Gasteiger partial charge in [-0.25, -0.2) is 0 Å². The number of benzene rings is 2. The highest BCUT2D eigenvalue weighted by atomic mass is 35.5. The molecule has 12 heteroatoms. The highest BCUT2D eigenvalue weighted by molar-refractivity contribution is 6.31. The second-order valence-electron chi connectivity index (χ2n) is 12.3. The van der Waals surface area contributed by atoms with Crippen molar-refractivity contribution in [3.05, 3.63) is 58.6 Å². The van der Waals surface area contributed by atoms with Crippen molar-refractivity contribution < 1.29 is 35.1 Å². The van der Waals surface area contributed by atoms with E-state index in [9.17, 15) is 30.0 Å². The van der Waals surface area contributed by atoms with Crippen LogP contribution in [0.25, 0.3) is 0 Å². The summed E-state index contributed by atoms with van der Waals surface area (Å²) in [5.74, 6) is -0.195. The lowest BCUT2D eigenvalue weighted by Crippen LogP contribution is -2.53. The van der Waals surface area contributed by atoms with Crippen LogP contribution in [-0.4, -0.2) is 112 Å². The molecule has 1 aliphatic heterocycles. The van der Waals surface area contributed by atoms with Crippen molar-refractivity contribution in [1.29, 1.82) is 0 Å². The molecule has 6 N–H and O–H groups in total. The van der Waals surface area contributed by atoms with Gasteiger partial charge in [0.1, 0.15) is 24.4 Å². The number of halogens is 1. The van der Waals surface area contributed by atoms with Crippen molar-refractivity contribution in [3.8, 4) is 0 Å². The normalized spacial score (nSPS) is 20.0. The Balaban J connectivity index is 1.15. The number of para-hydroxylation sites is 2. The summed E-state index contributed by atoms with van der Waals surface area (Å²) >= 11 is 6.53. The van der Waals surface area contributed by atoms with Crippen LogP contribution in [0.3, 0.4) is 0 Å². The van der Waals surface area contributed by atoms with Gasteiger partial charge in [-0.05, 0) is 61.4 Å². The molecule has 2 fully saturated rings. The zero-order valence-corrected chi connectivity index (χ0v) is 25.7. The molecule has 1 heterocycles. The van der Waals surface area contributed by atoms with Gasteiger partial charge in [-0.2, -0.15) is 0 Å². The molecule has 4 atom stereocenters. The number of likely N-dealkylation sites (N-methyl/N-ethyl adjacent to an activating group) is 1. The molecule has 0 spiro atoms. The number of aliphatic hydroxyl groups excluding tert-OH is 5. The van der Waals surface area contributed by atoms with Crippen LogP contribution in [-0.2, 0) is 22.6 Å².